The molecule has 3 unspecified atom stereocenters. The van der Waals surface area contributed by atoms with Crippen LogP contribution in [0, 0.1) is 5.92 Å². The Labute approximate surface area is 117 Å². The number of carbonyl (C=O) groups is 1. The molecule has 106 valence electrons. The van der Waals surface area contributed by atoms with E-state index >= 15 is 0 Å². The lowest BCUT2D eigenvalue weighted by Crippen LogP contribution is -2.41. The Morgan fingerprint density at radius 2 is 2.00 bits per heavy atom. The minimum absolute atomic E-state index is 0. The van der Waals surface area contributed by atoms with E-state index in [-0.39, 0.29) is 18.3 Å². The lowest BCUT2D eigenvalue weighted by molar-refractivity contribution is -0.122. The van der Waals surface area contributed by atoms with Crippen molar-refractivity contribution in [2.75, 3.05) is 6.54 Å². The van der Waals surface area contributed by atoms with Crippen molar-refractivity contribution in [1.82, 2.24) is 10.6 Å². The molecule has 0 aromatic heterocycles. The molecule has 1 heterocycles. The number of amides is 1. The number of carbonyl (C=O) groups excluding carboxylic acids is 1. The topological polar surface area (TPSA) is 41.1 Å². The van der Waals surface area contributed by atoms with Gasteiger partial charge in [-0.05, 0) is 44.6 Å². The van der Waals surface area contributed by atoms with Gasteiger partial charge in [-0.25, -0.2) is 0 Å². The molecule has 3 atom stereocenters. The largest absolute Gasteiger partial charge is 0.353 e. The lowest BCUT2D eigenvalue weighted by Gasteiger charge is -2.29. The number of hydrogen-bond donors (Lipinski definition) is 2. The summed E-state index contributed by atoms with van der Waals surface area (Å²) in [5.74, 6) is 0.926. The van der Waals surface area contributed by atoms with Gasteiger partial charge in [0, 0.05) is 18.5 Å². The van der Waals surface area contributed by atoms with Crippen molar-refractivity contribution in [3.63, 3.8) is 0 Å². The first-order chi connectivity index (χ1) is 8.25. The summed E-state index contributed by atoms with van der Waals surface area (Å²) >= 11 is 0. The van der Waals surface area contributed by atoms with Crippen molar-refractivity contribution in [1.29, 1.82) is 0 Å². The fraction of sp³-hybridized carbons (Fsp3) is 0.929. The number of nitrogens with one attached hydrogen (secondary N) is 2. The molecule has 2 rings (SSSR count). The third-order valence-electron chi connectivity index (χ3n) is 4.34. The van der Waals surface area contributed by atoms with Gasteiger partial charge in [-0.2, -0.15) is 0 Å². The second-order valence-corrected chi connectivity index (χ2v) is 5.77. The normalized spacial score (nSPS) is 31.7. The van der Waals surface area contributed by atoms with E-state index in [0.29, 0.717) is 24.4 Å². The predicted octanol–water partition coefficient (Wildman–Crippen LogP) is 2.64. The monoisotopic (exact) mass is 274 g/mol. The molecule has 18 heavy (non-hydrogen) atoms. The highest BCUT2D eigenvalue weighted by molar-refractivity contribution is 5.85. The van der Waals surface area contributed by atoms with E-state index in [4.69, 9.17) is 0 Å². The summed E-state index contributed by atoms with van der Waals surface area (Å²) in [4.78, 5) is 11.9. The summed E-state index contributed by atoms with van der Waals surface area (Å²) in [5, 5.41) is 6.67. The molecular weight excluding hydrogens is 248 g/mol. The summed E-state index contributed by atoms with van der Waals surface area (Å²) in [6.45, 7) is 3.40. The highest BCUT2D eigenvalue weighted by atomic mass is 35.5. The highest BCUT2D eigenvalue weighted by Crippen LogP contribution is 2.23. The summed E-state index contributed by atoms with van der Waals surface area (Å²) in [6, 6.07) is 1.03. The fourth-order valence-electron chi connectivity index (χ4n) is 3.12. The van der Waals surface area contributed by atoms with Gasteiger partial charge in [0.25, 0.3) is 0 Å². The molecule has 3 nitrogen and oxygen atoms in total. The van der Waals surface area contributed by atoms with Gasteiger partial charge in [0.15, 0.2) is 0 Å². The second kappa shape index (κ2) is 8.00. The molecule has 4 heteroatoms. The van der Waals surface area contributed by atoms with E-state index in [0.717, 1.165) is 13.0 Å². The minimum atomic E-state index is 0. The quantitative estimate of drug-likeness (QED) is 0.828. The maximum absolute atomic E-state index is 11.9. The molecule has 0 bridgehead atoms. The maximum Gasteiger partial charge on any atom is 0.220 e. The average molecular weight is 275 g/mol. The summed E-state index contributed by atoms with van der Waals surface area (Å²) in [7, 11) is 0. The van der Waals surface area contributed by atoms with E-state index in [1.807, 2.05) is 0 Å². The molecule has 1 saturated heterocycles. The van der Waals surface area contributed by atoms with Crippen molar-refractivity contribution in [3.8, 4) is 0 Å². The van der Waals surface area contributed by atoms with Crippen LogP contribution in [-0.4, -0.2) is 24.5 Å². The fourth-order valence-corrected chi connectivity index (χ4v) is 3.12. The van der Waals surface area contributed by atoms with Crippen LogP contribution in [0.5, 0.6) is 0 Å². The van der Waals surface area contributed by atoms with Crippen LogP contribution in [0.4, 0.5) is 0 Å². The van der Waals surface area contributed by atoms with Gasteiger partial charge in [0.2, 0.25) is 5.91 Å². The van der Waals surface area contributed by atoms with Crippen molar-refractivity contribution < 1.29 is 4.79 Å². The van der Waals surface area contributed by atoms with Gasteiger partial charge >= 0.3 is 0 Å². The molecule has 0 radical (unpaired) electrons. The van der Waals surface area contributed by atoms with E-state index in [1.165, 1.54) is 38.5 Å². The van der Waals surface area contributed by atoms with Gasteiger partial charge in [0.05, 0.1) is 0 Å². The molecule has 1 aliphatic heterocycles. The highest BCUT2D eigenvalue weighted by Gasteiger charge is 2.23. The molecule has 1 aliphatic carbocycles. The van der Waals surface area contributed by atoms with Crippen LogP contribution < -0.4 is 10.6 Å². The van der Waals surface area contributed by atoms with E-state index in [2.05, 4.69) is 17.6 Å². The third-order valence-corrected chi connectivity index (χ3v) is 4.34. The smallest absolute Gasteiger partial charge is 0.220 e. The van der Waals surface area contributed by atoms with E-state index < -0.39 is 0 Å². The molecule has 0 aromatic carbocycles. The van der Waals surface area contributed by atoms with Crippen molar-refractivity contribution in [2.24, 2.45) is 5.92 Å². The first kappa shape index (κ1) is 15.8. The van der Waals surface area contributed by atoms with Crippen LogP contribution in [0.25, 0.3) is 0 Å². The molecule has 1 saturated carbocycles. The Bertz CT molecular complexity index is 254. The van der Waals surface area contributed by atoms with Crippen molar-refractivity contribution >= 4 is 18.3 Å². The van der Waals surface area contributed by atoms with Gasteiger partial charge in [-0.1, -0.05) is 19.8 Å². The minimum Gasteiger partial charge on any atom is -0.353 e. The second-order valence-electron chi connectivity index (χ2n) is 5.77. The third kappa shape index (κ3) is 4.77. The molecule has 2 aliphatic rings. The van der Waals surface area contributed by atoms with Gasteiger partial charge < -0.3 is 10.6 Å². The molecule has 1 amide bonds. The number of rotatable bonds is 4. The van der Waals surface area contributed by atoms with Crippen LogP contribution in [0.2, 0.25) is 0 Å². The predicted molar refractivity (Wildman–Crippen MR) is 77.1 cm³/mol. The van der Waals surface area contributed by atoms with Gasteiger partial charge in [-0.3, -0.25) is 4.79 Å². The lowest BCUT2D eigenvalue weighted by atomic mass is 9.86. The van der Waals surface area contributed by atoms with Crippen LogP contribution in [0.1, 0.15) is 58.3 Å². The first-order valence-electron chi connectivity index (χ1n) is 7.28. The van der Waals surface area contributed by atoms with Gasteiger partial charge in [-0.15, -0.1) is 12.4 Å². The van der Waals surface area contributed by atoms with Crippen molar-refractivity contribution in [3.05, 3.63) is 0 Å². The Morgan fingerprint density at radius 3 is 2.67 bits per heavy atom. The Morgan fingerprint density at radius 1 is 1.22 bits per heavy atom. The zero-order valence-electron chi connectivity index (χ0n) is 11.4. The van der Waals surface area contributed by atoms with Crippen LogP contribution in [0.15, 0.2) is 0 Å². The molecule has 2 N–H and O–H groups in total. The molecule has 0 aromatic rings. The zero-order valence-corrected chi connectivity index (χ0v) is 12.2. The average Bonchev–Trinajstić information content (AvgIpc) is 2.82. The van der Waals surface area contributed by atoms with E-state index in [1.54, 1.807) is 0 Å². The van der Waals surface area contributed by atoms with E-state index in [9.17, 15) is 4.79 Å². The van der Waals surface area contributed by atoms with Crippen LogP contribution >= 0.6 is 12.4 Å². The summed E-state index contributed by atoms with van der Waals surface area (Å²) < 4.78 is 0. The summed E-state index contributed by atoms with van der Waals surface area (Å²) in [6.07, 6.45) is 9.27. The number of halogens is 1. The van der Waals surface area contributed by atoms with Gasteiger partial charge in [0.1, 0.15) is 0 Å². The standard InChI is InChI=1S/C14H26N2O.ClH/c1-11-5-2-3-7-13(11)16-14(17)9-8-12-6-4-10-15-12;/h11-13,15H,2-10H2,1H3,(H,16,17);1H. The van der Waals surface area contributed by atoms with Crippen molar-refractivity contribution in [2.45, 2.75) is 70.4 Å². The Balaban J connectivity index is 0.00000162. The molecular formula is C14H27ClN2O. The zero-order chi connectivity index (χ0) is 12.1. The Hall–Kier alpha value is -0.280. The Kier molecular flexibility index (Phi) is 7.02. The SMILES string of the molecule is CC1CCCCC1NC(=O)CCC1CCCN1.Cl. The van der Waals surface area contributed by atoms with Crippen LogP contribution in [-0.2, 0) is 4.79 Å². The number of hydrogen-bond acceptors (Lipinski definition) is 2. The maximum atomic E-state index is 11.9. The van der Waals surface area contributed by atoms with Crippen LogP contribution in [0.3, 0.4) is 0 Å². The molecule has 2 fully saturated rings. The first-order valence-corrected chi connectivity index (χ1v) is 7.28. The molecule has 0 spiro atoms. The summed E-state index contributed by atoms with van der Waals surface area (Å²) in [5.41, 5.74) is 0.